The van der Waals surface area contributed by atoms with E-state index in [4.69, 9.17) is 0 Å². The first-order chi connectivity index (χ1) is 19.5. The molecule has 2 heterocycles. The lowest BCUT2D eigenvalue weighted by atomic mass is 9.97. The van der Waals surface area contributed by atoms with Crippen molar-refractivity contribution in [1.82, 2.24) is 14.7 Å². The molecule has 0 spiro atoms. The largest absolute Gasteiger partial charge is 0.322 e. The zero-order valence-electron chi connectivity index (χ0n) is 22.4. The average Bonchev–Trinajstić information content (AvgIpc) is 3.40. The van der Waals surface area contributed by atoms with E-state index in [0.29, 0.717) is 6.42 Å². The number of likely N-dealkylation sites (tertiary alicyclic amines) is 1. The SMILES string of the molecule is Cc1ccc(CC(c2ccccc2)N2C(=O)C3C(C2=O)N(Cc2ccccc2)C(=O)N3Cc2ccccc2)cc1. The Kier molecular flexibility index (Phi) is 6.91. The molecule has 200 valence electrons. The minimum Gasteiger partial charge on any atom is -0.306 e. The zero-order valence-corrected chi connectivity index (χ0v) is 22.4. The summed E-state index contributed by atoms with van der Waals surface area (Å²) in [6.07, 6.45) is 0.493. The number of hydrogen-bond acceptors (Lipinski definition) is 3. The summed E-state index contributed by atoms with van der Waals surface area (Å²) in [5, 5.41) is 0. The number of nitrogens with zero attached hydrogens (tertiary/aromatic N) is 3. The quantitative estimate of drug-likeness (QED) is 0.282. The Morgan fingerprint density at radius 2 is 1.02 bits per heavy atom. The minimum absolute atomic E-state index is 0.257. The molecule has 0 bridgehead atoms. The molecular formula is C34H31N3O3. The van der Waals surface area contributed by atoms with Gasteiger partial charge < -0.3 is 9.80 Å². The van der Waals surface area contributed by atoms with Crippen molar-refractivity contribution in [1.29, 1.82) is 0 Å². The van der Waals surface area contributed by atoms with Crippen LogP contribution in [0.15, 0.2) is 115 Å². The van der Waals surface area contributed by atoms with Gasteiger partial charge in [0.2, 0.25) is 0 Å². The van der Waals surface area contributed by atoms with Gasteiger partial charge in [0.05, 0.1) is 6.04 Å². The molecule has 6 heteroatoms. The summed E-state index contributed by atoms with van der Waals surface area (Å²) in [5.74, 6) is -0.647. The maximum atomic E-state index is 14.3. The fourth-order valence-electron chi connectivity index (χ4n) is 5.85. The highest BCUT2D eigenvalue weighted by atomic mass is 16.2. The number of fused-ring (bicyclic) bond motifs is 1. The molecule has 2 fully saturated rings. The fraction of sp³-hybridized carbons (Fsp3) is 0.206. The Morgan fingerprint density at radius 1 is 0.575 bits per heavy atom. The van der Waals surface area contributed by atoms with Gasteiger partial charge in [-0.3, -0.25) is 14.5 Å². The monoisotopic (exact) mass is 529 g/mol. The number of carbonyl (C=O) groups is 3. The third-order valence-electron chi connectivity index (χ3n) is 7.88. The first kappa shape index (κ1) is 25.6. The molecule has 2 saturated heterocycles. The average molecular weight is 530 g/mol. The van der Waals surface area contributed by atoms with E-state index in [1.807, 2.05) is 122 Å². The molecular weight excluding hydrogens is 498 g/mol. The third-order valence-corrected chi connectivity index (χ3v) is 7.88. The molecule has 0 radical (unpaired) electrons. The topological polar surface area (TPSA) is 60.9 Å². The Labute approximate surface area is 234 Å². The predicted molar refractivity (Wildman–Crippen MR) is 153 cm³/mol. The van der Waals surface area contributed by atoms with Crippen molar-refractivity contribution in [3.63, 3.8) is 0 Å². The van der Waals surface area contributed by atoms with Crippen LogP contribution < -0.4 is 0 Å². The lowest BCUT2D eigenvalue weighted by Crippen LogP contribution is -2.45. The molecule has 3 atom stereocenters. The second-order valence-corrected chi connectivity index (χ2v) is 10.6. The van der Waals surface area contributed by atoms with Gasteiger partial charge >= 0.3 is 6.03 Å². The van der Waals surface area contributed by atoms with E-state index >= 15 is 0 Å². The standard InChI is InChI=1S/C34H31N3O3/c1-24-17-19-25(20-18-24)21-29(28-15-9-4-10-16-28)37-32(38)30-31(33(37)39)36(23-27-13-7-3-8-14-27)34(40)35(30)22-26-11-5-2-6-12-26/h2-20,29-31H,21-23H2,1H3. The van der Waals surface area contributed by atoms with Crippen LogP contribution in [-0.4, -0.2) is 44.6 Å². The fourth-order valence-corrected chi connectivity index (χ4v) is 5.85. The van der Waals surface area contributed by atoms with Gasteiger partial charge in [-0.1, -0.05) is 121 Å². The number of urea groups is 1. The summed E-state index contributed by atoms with van der Waals surface area (Å²) in [6, 6.07) is 34.6. The van der Waals surface area contributed by atoms with Crippen LogP contribution in [0, 0.1) is 6.92 Å². The van der Waals surface area contributed by atoms with Crippen molar-refractivity contribution in [2.24, 2.45) is 0 Å². The molecule has 4 amide bonds. The van der Waals surface area contributed by atoms with Crippen LogP contribution in [0.25, 0.3) is 0 Å². The van der Waals surface area contributed by atoms with E-state index in [0.717, 1.165) is 27.8 Å². The van der Waals surface area contributed by atoms with E-state index < -0.39 is 18.1 Å². The molecule has 6 nitrogen and oxygen atoms in total. The number of carbonyl (C=O) groups excluding carboxylic acids is 3. The molecule has 6 rings (SSSR count). The maximum absolute atomic E-state index is 14.3. The summed E-state index contributed by atoms with van der Waals surface area (Å²) in [6.45, 7) is 2.55. The number of amides is 4. The number of hydrogen-bond donors (Lipinski definition) is 0. The number of rotatable bonds is 8. The molecule has 0 aliphatic carbocycles. The molecule has 4 aromatic rings. The lowest BCUT2D eigenvalue weighted by Gasteiger charge is -2.31. The third kappa shape index (κ3) is 4.77. The highest BCUT2D eigenvalue weighted by Crippen LogP contribution is 2.39. The van der Waals surface area contributed by atoms with E-state index in [1.165, 1.54) is 4.90 Å². The van der Waals surface area contributed by atoms with Crippen molar-refractivity contribution in [2.75, 3.05) is 0 Å². The second-order valence-electron chi connectivity index (χ2n) is 10.6. The van der Waals surface area contributed by atoms with Crippen molar-refractivity contribution < 1.29 is 14.4 Å². The molecule has 4 aromatic carbocycles. The highest BCUT2D eigenvalue weighted by molar-refractivity contribution is 6.13. The molecule has 3 unspecified atom stereocenters. The van der Waals surface area contributed by atoms with Gasteiger partial charge in [0.1, 0.15) is 12.1 Å². The summed E-state index contributed by atoms with van der Waals surface area (Å²) >= 11 is 0. The first-order valence-electron chi connectivity index (χ1n) is 13.6. The highest BCUT2D eigenvalue weighted by Gasteiger charge is 2.61. The predicted octanol–water partition coefficient (Wildman–Crippen LogP) is 5.52. The molecule has 40 heavy (non-hydrogen) atoms. The van der Waals surface area contributed by atoms with E-state index in [9.17, 15) is 14.4 Å². The van der Waals surface area contributed by atoms with Gasteiger partial charge in [0.25, 0.3) is 11.8 Å². The summed E-state index contributed by atoms with van der Waals surface area (Å²) in [4.78, 5) is 47.0. The Morgan fingerprint density at radius 3 is 1.50 bits per heavy atom. The minimum atomic E-state index is -0.881. The lowest BCUT2D eigenvalue weighted by molar-refractivity contribution is -0.143. The Hall–Kier alpha value is -4.71. The van der Waals surface area contributed by atoms with Crippen LogP contribution in [0.3, 0.4) is 0 Å². The smallest absolute Gasteiger partial charge is 0.306 e. The van der Waals surface area contributed by atoms with Gasteiger partial charge in [-0.25, -0.2) is 4.79 Å². The normalized spacial score (nSPS) is 19.3. The van der Waals surface area contributed by atoms with Crippen LogP contribution in [0.4, 0.5) is 4.79 Å². The zero-order chi connectivity index (χ0) is 27.6. The van der Waals surface area contributed by atoms with Gasteiger partial charge in [0.15, 0.2) is 0 Å². The van der Waals surface area contributed by atoms with Crippen LogP contribution in [0.2, 0.25) is 0 Å². The van der Waals surface area contributed by atoms with Crippen LogP contribution in [0.5, 0.6) is 0 Å². The van der Waals surface area contributed by atoms with Gasteiger partial charge in [-0.15, -0.1) is 0 Å². The second kappa shape index (κ2) is 10.8. The number of imide groups is 1. The molecule has 0 N–H and O–H groups in total. The molecule has 0 saturated carbocycles. The maximum Gasteiger partial charge on any atom is 0.322 e. The van der Waals surface area contributed by atoms with Gasteiger partial charge in [-0.05, 0) is 35.6 Å². The van der Waals surface area contributed by atoms with Crippen molar-refractivity contribution in [2.45, 2.75) is 44.6 Å². The van der Waals surface area contributed by atoms with E-state index in [-0.39, 0.29) is 30.9 Å². The molecule has 2 aliphatic rings. The van der Waals surface area contributed by atoms with Gasteiger partial charge in [-0.2, -0.15) is 0 Å². The van der Waals surface area contributed by atoms with Crippen molar-refractivity contribution in [3.05, 3.63) is 143 Å². The summed E-state index contributed by atoms with van der Waals surface area (Å²) < 4.78 is 0. The van der Waals surface area contributed by atoms with Crippen LogP contribution in [-0.2, 0) is 29.1 Å². The van der Waals surface area contributed by atoms with Crippen molar-refractivity contribution in [3.8, 4) is 0 Å². The van der Waals surface area contributed by atoms with Gasteiger partial charge in [0, 0.05) is 13.1 Å². The summed E-state index contributed by atoms with van der Waals surface area (Å²) in [7, 11) is 0. The molecule has 2 aliphatic heterocycles. The number of aryl methyl sites for hydroxylation is 1. The van der Waals surface area contributed by atoms with Crippen LogP contribution in [0.1, 0.15) is 33.9 Å². The van der Waals surface area contributed by atoms with E-state index in [2.05, 4.69) is 0 Å². The van der Waals surface area contributed by atoms with E-state index in [1.54, 1.807) is 9.80 Å². The van der Waals surface area contributed by atoms with Crippen LogP contribution >= 0.6 is 0 Å². The Bertz CT molecular complexity index is 1440. The number of benzene rings is 4. The molecule has 0 aromatic heterocycles. The Balaban J connectivity index is 1.39. The first-order valence-corrected chi connectivity index (χ1v) is 13.6. The van der Waals surface area contributed by atoms with Crippen molar-refractivity contribution >= 4 is 17.8 Å². The summed E-state index contributed by atoms with van der Waals surface area (Å²) in [5.41, 5.74) is 4.90.